The number of anilines is 1. The van der Waals surface area contributed by atoms with E-state index in [4.69, 9.17) is 10.5 Å². The van der Waals surface area contributed by atoms with Crippen LogP contribution >= 0.6 is 0 Å². The van der Waals surface area contributed by atoms with Crippen molar-refractivity contribution in [1.29, 1.82) is 0 Å². The number of rotatable bonds is 2. The molecule has 1 atom stereocenters. The number of carbonyl (C=O) groups excluding carboxylic acids is 1. The van der Waals surface area contributed by atoms with Crippen LogP contribution in [0.25, 0.3) is 0 Å². The van der Waals surface area contributed by atoms with E-state index in [-0.39, 0.29) is 5.91 Å². The largest absolute Gasteiger partial charge is 0.496 e. The lowest BCUT2D eigenvalue weighted by Crippen LogP contribution is -2.33. The molecule has 4 heteroatoms. The van der Waals surface area contributed by atoms with Crippen molar-refractivity contribution < 1.29 is 9.53 Å². The van der Waals surface area contributed by atoms with Crippen molar-refractivity contribution in [3.05, 3.63) is 23.8 Å². The molecule has 0 bridgehead atoms. The number of nitrogens with zero attached hydrogens (tertiary/aromatic N) is 1. The van der Waals surface area contributed by atoms with Gasteiger partial charge in [-0.25, -0.2) is 0 Å². The van der Waals surface area contributed by atoms with Gasteiger partial charge >= 0.3 is 0 Å². The van der Waals surface area contributed by atoms with Crippen molar-refractivity contribution in [2.75, 3.05) is 19.4 Å². The van der Waals surface area contributed by atoms with E-state index in [9.17, 15) is 4.79 Å². The first-order valence-corrected chi connectivity index (χ1v) is 5.88. The molecular formula is C13H18N2O2. The van der Waals surface area contributed by atoms with Crippen LogP contribution in [0.5, 0.6) is 5.75 Å². The van der Waals surface area contributed by atoms with Gasteiger partial charge in [-0.05, 0) is 38.0 Å². The highest BCUT2D eigenvalue weighted by molar-refractivity contribution is 5.98. The third kappa shape index (κ3) is 2.20. The third-order valence-corrected chi connectivity index (χ3v) is 3.27. The minimum Gasteiger partial charge on any atom is -0.496 e. The van der Waals surface area contributed by atoms with Gasteiger partial charge in [0.1, 0.15) is 5.75 Å². The zero-order chi connectivity index (χ0) is 12.4. The van der Waals surface area contributed by atoms with E-state index in [1.54, 1.807) is 25.3 Å². The molecule has 0 aliphatic carbocycles. The molecule has 17 heavy (non-hydrogen) atoms. The van der Waals surface area contributed by atoms with Gasteiger partial charge in [-0.2, -0.15) is 0 Å². The molecule has 0 aromatic heterocycles. The first-order chi connectivity index (χ1) is 8.13. The third-order valence-electron chi connectivity index (χ3n) is 3.27. The number of hydrogen-bond acceptors (Lipinski definition) is 3. The molecule has 1 amide bonds. The maximum absolute atomic E-state index is 12.4. The van der Waals surface area contributed by atoms with Crippen molar-refractivity contribution in [2.45, 2.75) is 25.8 Å². The van der Waals surface area contributed by atoms with Gasteiger partial charge in [0.25, 0.3) is 5.91 Å². The summed E-state index contributed by atoms with van der Waals surface area (Å²) in [5, 5.41) is 0. The van der Waals surface area contributed by atoms with Crippen LogP contribution in [0.4, 0.5) is 5.69 Å². The predicted molar refractivity (Wildman–Crippen MR) is 67.1 cm³/mol. The average Bonchev–Trinajstić information content (AvgIpc) is 2.74. The van der Waals surface area contributed by atoms with E-state index < -0.39 is 0 Å². The average molecular weight is 234 g/mol. The molecule has 0 radical (unpaired) electrons. The Labute approximate surface area is 101 Å². The normalized spacial score (nSPS) is 19.4. The molecule has 1 unspecified atom stereocenters. The Morgan fingerprint density at radius 2 is 2.29 bits per heavy atom. The standard InChI is InChI=1S/C13H18N2O2/c1-9-4-3-7-15(9)13(16)11-8-10(14)5-6-12(11)17-2/h5-6,8-9H,3-4,7,14H2,1-2H3. The molecule has 2 rings (SSSR count). The van der Waals surface area contributed by atoms with Crippen LogP contribution in [-0.2, 0) is 0 Å². The van der Waals surface area contributed by atoms with E-state index in [0.717, 1.165) is 19.4 Å². The summed E-state index contributed by atoms with van der Waals surface area (Å²) in [6.07, 6.45) is 2.13. The molecule has 1 aliphatic heterocycles. The van der Waals surface area contributed by atoms with Crippen LogP contribution < -0.4 is 10.5 Å². The molecule has 0 spiro atoms. The molecule has 1 aliphatic rings. The SMILES string of the molecule is COc1ccc(N)cc1C(=O)N1CCCC1C. The minimum absolute atomic E-state index is 0.0131. The van der Waals surface area contributed by atoms with Crippen LogP contribution in [0.15, 0.2) is 18.2 Å². The highest BCUT2D eigenvalue weighted by Gasteiger charge is 2.27. The zero-order valence-corrected chi connectivity index (χ0v) is 10.3. The number of methoxy groups -OCH3 is 1. The van der Waals surface area contributed by atoms with Gasteiger partial charge in [-0.3, -0.25) is 4.79 Å². The predicted octanol–water partition coefficient (Wildman–Crippen LogP) is 1.90. The second-order valence-corrected chi connectivity index (χ2v) is 4.45. The molecule has 1 heterocycles. The van der Waals surface area contributed by atoms with E-state index in [1.165, 1.54) is 0 Å². The topological polar surface area (TPSA) is 55.6 Å². The summed E-state index contributed by atoms with van der Waals surface area (Å²) in [4.78, 5) is 14.3. The Balaban J connectivity index is 2.32. The highest BCUT2D eigenvalue weighted by Crippen LogP contribution is 2.26. The van der Waals surface area contributed by atoms with E-state index >= 15 is 0 Å². The smallest absolute Gasteiger partial charge is 0.257 e. The van der Waals surface area contributed by atoms with Gasteiger partial charge in [-0.15, -0.1) is 0 Å². The van der Waals surface area contributed by atoms with Crippen LogP contribution in [-0.4, -0.2) is 30.5 Å². The van der Waals surface area contributed by atoms with E-state index in [0.29, 0.717) is 23.0 Å². The summed E-state index contributed by atoms with van der Waals surface area (Å²) in [5.74, 6) is 0.599. The summed E-state index contributed by atoms with van der Waals surface area (Å²) < 4.78 is 5.21. The number of likely N-dealkylation sites (tertiary alicyclic amines) is 1. The molecule has 4 nitrogen and oxygen atoms in total. The number of amides is 1. The van der Waals surface area contributed by atoms with Crippen LogP contribution in [0.2, 0.25) is 0 Å². The van der Waals surface area contributed by atoms with Gasteiger partial charge < -0.3 is 15.4 Å². The number of hydrogen-bond donors (Lipinski definition) is 1. The fourth-order valence-electron chi connectivity index (χ4n) is 2.28. The van der Waals surface area contributed by atoms with Gasteiger partial charge in [-0.1, -0.05) is 0 Å². The summed E-state index contributed by atoms with van der Waals surface area (Å²) in [7, 11) is 1.57. The van der Waals surface area contributed by atoms with Crippen molar-refractivity contribution in [2.24, 2.45) is 0 Å². The number of benzene rings is 1. The van der Waals surface area contributed by atoms with Gasteiger partial charge in [0.05, 0.1) is 12.7 Å². The second kappa shape index (κ2) is 4.65. The monoisotopic (exact) mass is 234 g/mol. The van der Waals surface area contributed by atoms with Crippen LogP contribution in [0.3, 0.4) is 0 Å². The maximum Gasteiger partial charge on any atom is 0.257 e. The molecule has 1 fully saturated rings. The van der Waals surface area contributed by atoms with Crippen molar-refractivity contribution in [3.8, 4) is 5.75 Å². The lowest BCUT2D eigenvalue weighted by molar-refractivity contribution is 0.0744. The first-order valence-electron chi connectivity index (χ1n) is 5.88. The quantitative estimate of drug-likeness (QED) is 0.795. The zero-order valence-electron chi connectivity index (χ0n) is 10.3. The number of ether oxygens (including phenoxy) is 1. The molecule has 92 valence electrons. The van der Waals surface area contributed by atoms with Crippen LogP contribution in [0, 0.1) is 0 Å². The minimum atomic E-state index is 0.0131. The summed E-state index contributed by atoms with van der Waals surface area (Å²) in [5.41, 5.74) is 6.87. The van der Waals surface area contributed by atoms with Gasteiger partial charge in [0.15, 0.2) is 0 Å². The fourth-order valence-corrected chi connectivity index (χ4v) is 2.28. The van der Waals surface area contributed by atoms with E-state index in [2.05, 4.69) is 6.92 Å². The lowest BCUT2D eigenvalue weighted by atomic mass is 10.1. The Morgan fingerprint density at radius 3 is 2.88 bits per heavy atom. The second-order valence-electron chi connectivity index (χ2n) is 4.45. The summed E-state index contributed by atoms with van der Waals surface area (Å²) >= 11 is 0. The Hall–Kier alpha value is -1.71. The lowest BCUT2D eigenvalue weighted by Gasteiger charge is -2.22. The summed E-state index contributed by atoms with van der Waals surface area (Å²) in [6.45, 7) is 2.89. The highest BCUT2D eigenvalue weighted by atomic mass is 16.5. The Morgan fingerprint density at radius 1 is 1.53 bits per heavy atom. The van der Waals surface area contributed by atoms with Gasteiger partial charge in [0, 0.05) is 18.3 Å². The Kier molecular flexibility index (Phi) is 3.22. The molecule has 1 saturated heterocycles. The van der Waals surface area contributed by atoms with Crippen molar-refractivity contribution in [3.63, 3.8) is 0 Å². The number of carbonyl (C=O) groups is 1. The van der Waals surface area contributed by atoms with Gasteiger partial charge in [0.2, 0.25) is 0 Å². The summed E-state index contributed by atoms with van der Waals surface area (Å²) in [6, 6.07) is 5.46. The molecule has 0 saturated carbocycles. The fraction of sp³-hybridized carbons (Fsp3) is 0.462. The molecule has 1 aromatic rings. The molecule has 2 N–H and O–H groups in total. The maximum atomic E-state index is 12.4. The number of nitrogen functional groups attached to an aromatic ring is 1. The number of nitrogens with two attached hydrogens (primary N) is 1. The Bertz CT molecular complexity index is 431. The van der Waals surface area contributed by atoms with E-state index in [1.807, 2.05) is 4.90 Å². The van der Waals surface area contributed by atoms with Crippen molar-refractivity contribution >= 4 is 11.6 Å². The van der Waals surface area contributed by atoms with Crippen molar-refractivity contribution in [1.82, 2.24) is 4.90 Å². The molecular weight excluding hydrogens is 216 g/mol. The van der Waals surface area contributed by atoms with Crippen LogP contribution in [0.1, 0.15) is 30.1 Å². The molecule has 1 aromatic carbocycles. The first kappa shape index (κ1) is 11.8.